The van der Waals surface area contributed by atoms with E-state index in [0.717, 1.165) is 16.8 Å². The summed E-state index contributed by atoms with van der Waals surface area (Å²) in [7, 11) is 3.69. The molecule has 2 amide bonds. The number of aliphatic hydroxyl groups is 1. The molecule has 17 heteroatoms. The summed E-state index contributed by atoms with van der Waals surface area (Å²) in [5.74, 6) is -5.54. The van der Waals surface area contributed by atoms with Crippen LogP contribution in [0.15, 0.2) is 48.7 Å². The average Bonchev–Trinajstić information content (AvgIpc) is 3.56. The molecule has 1 aromatic heterocycles. The summed E-state index contributed by atoms with van der Waals surface area (Å²) >= 11 is 0. The van der Waals surface area contributed by atoms with Crippen LogP contribution < -0.4 is 10.6 Å². The van der Waals surface area contributed by atoms with Gasteiger partial charge in [-0.15, -0.1) is 0 Å². The zero-order valence-electron chi connectivity index (χ0n) is 38.2. The Morgan fingerprint density at radius 3 is 2.37 bits per heavy atom. The predicted molar refractivity (Wildman–Crippen MR) is 231 cm³/mol. The number of Topliss-reactive ketones (excluding diaryl/α,β-unsaturated/α-hetero) is 1. The fraction of sp³-hybridized carbons (Fsp3) is 0.630. The van der Waals surface area contributed by atoms with Crippen molar-refractivity contribution >= 4 is 36.0 Å². The lowest BCUT2D eigenvalue weighted by Crippen LogP contribution is -2.61. The minimum atomic E-state index is -1.73. The number of ketones is 1. The van der Waals surface area contributed by atoms with Gasteiger partial charge in [0.1, 0.15) is 23.6 Å². The van der Waals surface area contributed by atoms with Crippen LogP contribution in [0.5, 0.6) is 0 Å². The van der Waals surface area contributed by atoms with Gasteiger partial charge in [-0.25, -0.2) is 9.59 Å². The van der Waals surface area contributed by atoms with Crippen LogP contribution in [0.1, 0.15) is 87.1 Å². The Hall–Kier alpha value is -4.97. The molecule has 0 aliphatic carbocycles. The highest BCUT2D eigenvalue weighted by Crippen LogP contribution is 2.41. The monoisotopic (exact) mass is 879 g/mol. The number of benzene rings is 1. The third-order valence-corrected chi connectivity index (χ3v) is 12.7. The molecule has 3 N–H and O–H groups in total. The molecule has 3 saturated heterocycles. The lowest BCUT2D eigenvalue weighted by atomic mass is 9.73. The second kappa shape index (κ2) is 20.7. The van der Waals surface area contributed by atoms with Crippen molar-refractivity contribution in [2.24, 2.45) is 23.7 Å². The summed E-state index contributed by atoms with van der Waals surface area (Å²) in [6, 6.07) is 10.1. The number of aromatic nitrogens is 2. The van der Waals surface area contributed by atoms with Crippen LogP contribution >= 0.6 is 0 Å². The van der Waals surface area contributed by atoms with Gasteiger partial charge in [-0.3, -0.25) is 14.4 Å². The van der Waals surface area contributed by atoms with Gasteiger partial charge in [-0.1, -0.05) is 64.1 Å². The van der Waals surface area contributed by atoms with Crippen molar-refractivity contribution in [2.45, 2.75) is 142 Å². The average molecular weight is 880 g/mol. The molecule has 3 aliphatic heterocycles. The van der Waals surface area contributed by atoms with Gasteiger partial charge in [-0.2, -0.15) is 10.2 Å². The molecule has 3 aliphatic rings. The minimum Gasteiger partial charge on any atom is -0.458 e. The summed E-state index contributed by atoms with van der Waals surface area (Å²) in [6.45, 7) is 14.7. The molecule has 346 valence electrons. The molecule has 0 unspecified atom stereocenters. The quantitative estimate of drug-likeness (QED) is 0.209. The Labute approximate surface area is 369 Å². The maximum atomic E-state index is 14.6. The van der Waals surface area contributed by atoms with Crippen molar-refractivity contribution < 1.29 is 57.5 Å². The summed E-state index contributed by atoms with van der Waals surface area (Å²) in [6.07, 6.45) is -2.15. The second-order valence-electron chi connectivity index (χ2n) is 17.9. The van der Waals surface area contributed by atoms with E-state index in [1.165, 1.54) is 13.8 Å². The number of fused-ring (bicyclic) bond motifs is 1. The standard InChI is InChI=1S/C46H65N5O12/c1-12-35-46(9)39(49-44(57)63-46)27(4)36(53)25(2)24-45(8,62-43(56)47-21-13-15-31-17-19-32(20-18-31)33-16-14-22-48-50-33)40(28(5)37(54)29(6)41(55)60-35)61-42-38(59-30(7)52)34(51(10)11)23-26(3)58-42/h13-20,22,25-29,34-35,37-40,42,54H,12,21,23-24H2,1-11H3,(H,47,56)(H,49,57)/t25-,26-,27+,28+,29-,34+,35-,37+,38-,39-,40-,42+,45-,46-/m1/s1. The first kappa shape index (κ1) is 49.1. The number of nitrogens with one attached hydrogen (secondary N) is 2. The first-order chi connectivity index (χ1) is 29.7. The lowest BCUT2D eigenvalue weighted by molar-refractivity contribution is -0.300. The molecule has 5 rings (SSSR count). The lowest BCUT2D eigenvalue weighted by Gasteiger charge is -2.48. The van der Waals surface area contributed by atoms with Gasteiger partial charge >= 0.3 is 24.1 Å². The van der Waals surface area contributed by atoms with Crippen molar-refractivity contribution in [3.8, 4) is 11.3 Å². The van der Waals surface area contributed by atoms with Gasteiger partial charge in [0.25, 0.3) is 0 Å². The van der Waals surface area contributed by atoms with Gasteiger partial charge in [0.15, 0.2) is 18.0 Å². The Morgan fingerprint density at radius 1 is 1.05 bits per heavy atom. The number of hydrogen-bond donors (Lipinski definition) is 3. The van der Waals surface area contributed by atoms with Gasteiger partial charge < -0.3 is 49.1 Å². The molecule has 0 saturated carbocycles. The normalized spacial score (nSPS) is 35.5. The second-order valence-corrected chi connectivity index (χ2v) is 17.9. The molecule has 14 atom stereocenters. The van der Waals surface area contributed by atoms with E-state index in [-0.39, 0.29) is 37.3 Å². The number of carbonyl (C=O) groups is 5. The van der Waals surface area contributed by atoms with E-state index < -0.39 is 95.7 Å². The number of nitrogens with zero attached hydrogens (tertiary/aromatic N) is 3. The molecule has 17 nitrogen and oxygen atoms in total. The number of carbonyl (C=O) groups excluding carboxylic acids is 5. The molecule has 4 heterocycles. The molecular weight excluding hydrogens is 815 g/mol. The largest absolute Gasteiger partial charge is 0.458 e. The highest BCUT2D eigenvalue weighted by atomic mass is 16.7. The van der Waals surface area contributed by atoms with E-state index in [0.29, 0.717) is 6.42 Å². The summed E-state index contributed by atoms with van der Waals surface area (Å²) < 4.78 is 37.2. The minimum absolute atomic E-state index is 0.0553. The number of likely N-dealkylation sites (N-methyl/N-ethyl adjacent to an activating group) is 1. The number of hydrogen-bond acceptors (Lipinski definition) is 15. The molecular formula is C46H65N5O12. The van der Waals surface area contributed by atoms with E-state index >= 15 is 0 Å². The first-order valence-electron chi connectivity index (χ1n) is 21.8. The van der Waals surface area contributed by atoms with Crippen molar-refractivity contribution in [1.29, 1.82) is 0 Å². The number of ether oxygens (including phenoxy) is 6. The SMILES string of the molecule is CC[C@H]1OC(=O)[C@H](C)[C@@H](O)[C@H](C)[C@@H](O[C@@H]2O[C@H](C)C[C@H](N(C)C)[C@H]2OC(C)=O)[C@](C)(OC(=O)NCC=Cc2ccc(-c3cccnn3)cc2)C[C@@H](C)C(=O)[C@H](C)[C@H]2NC(=O)O[C@@]21C. The molecule has 0 bridgehead atoms. The number of rotatable bonds is 10. The Kier molecular flexibility index (Phi) is 16.1. The summed E-state index contributed by atoms with van der Waals surface area (Å²) in [4.78, 5) is 69.8. The molecule has 0 radical (unpaired) electrons. The molecule has 0 spiro atoms. The zero-order chi connectivity index (χ0) is 46.4. The van der Waals surface area contributed by atoms with E-state index in [4.69, 9.17) is 28.4 Å². The molecule has 3 fully saturated rings. The topological polar surface area (TPSA) is 214 Å². The van der Waals surface area contributed by atoms with E-state index in [1.807, 2.05) is 68.4 Å². The van der Waals surface area contributed by atoms with Gasteiger partial charge in [0.2, 0.25) is 0 Å². The first-order valence-corrected chi connectivity index (χ1v) is 21.8. The number of esters is 2. The van der Waals surface area contributed by atoms with Crippen molar-refractivity contribution in [3.05, 3.63) is 54.2 Å². The smallest absolute Gasteiger partial charge is 0.408 e. The predicted octanol–water partition coefficient (Wildman–Crippen LogP) is 5.09. The third kappa shape index (κ3) is 11.4. The highest BCUT2D eigenvalue weighted by molar-refractivity contribution is 5.85. The van der Waals surface area contributed by atoms with Gasteiger partial charge in [0, 0.05) is 43.0 Å². The van der Waals surface area contributed by atoms with Gasteiger partial charge in [-0.05, 0) is 78.7 Å². The van der Waals surface area contributed by atoms with Crippen LogP contribution in [0.4, 0.5) is 9.59 Å². The van der Waals surface area contributed by atoms with E-state index in [2.05, 4.69) is 20.8 Å². The van der Waals surface area contributed by atoms with Crippen LogP contribution in [-0.2, 0) is 42.8 Å². The maximum absolute atomic E-state index is 14.6. The van der Waals surface area contributed by atoms with Crippen LogP contribution in [0.3, 0.4) is 0 Å². The number of amides is 2. The Morgan fingerprint density at radius 2 is 1.75 bits per heavy atom. The summed E-state index contributed by atoms with van der Waals surface area (Å²) in [5.41, 5.74) is -0.660. The fourth-order valence-electron chi connectivity index (χ4n) is 9.35. The molecule has 1 aromatic carbocycles. The van der Waals surface area contributed by atoms with Crippen LogP contribution in [0.25, 0.3) is 17.3 Å². The Bertz CT molecular complexity index is 1950. The fourth-order valence-corrected chi connectivity index (χ4v) is 9.35. The van der Waals surface area contributed by atoms with Crippen LogP contribution in [-0.4, -0.2) is 131 Å². The molecule has 2 aromatic rings. The van der Waals surface area contributed by atoms with Gasteiger partial charge in [0.05, 0.1) is 35.9 Å². The van der Waals surface area contributed by atoms with E-state index in [1.54, 1.807) is 53.8 Å². The Balaban J connectivity index is 1.52. The van der Waals surface area contributed by atoms with Crippen molar-refractivity contribution in [1.82, 2.24) is 25.7 Å². The van der Waals surface area contributed by atoms with E-state index in [9.17, 15) is 29.1 Å². The van der Waals surface area contributed by atoms with Crippen molar-refractivity contribution in [3.63, 3.8) is 0 Å². The van der Waals surface area contributed by atoms with Crippen molar-refractivity contribution in [2.75, 3.05) is 20.6 Å². The number of cyclic esters (lactones) is 1. The maximum Gasteiger partial charge on any atom is 0.408 e. The number of aliphatic hydroxyl groups excluding tert-OH is 1. The molecule has 63 heavy (non-hydrogen) atoms. The summed E-state index contributed by atoms with van der Waals surface area (Å²) in [5, 5.41) is 25.7. The number of alkyl carbamates (subject to hydrolysis) is 2. The van der Waals surface area contributed by atoms with Crippen LogP contribution in [0, 0.1) is 23.7 Å². The third-order valence-electron chi connectivity index (χ3n) is 12.7. The zero-order valence-corrected chi connectivity index (χ0v) is 38.2. The van der Waals surface area contributed by atoms with Crippen LogP contribution in [0.2, 0.25) is 0 Å². The highest BCUT2D eigenvalue weighted by Gasteiger charge is 2.58.